The van der Waals surface area contributed by atoms with Crippen LogP contribution in [0.25, 0.3) is 5.65 Å². The zero-order valence-electron chi connectivity index (χ0n) is 20.9. The van der Waals surface area contributed by atoms with Crippen molar-refractivity contribution in [3.05, 3.63) is 41.5 Å². The second-order valence-corrected chi connectivity index (χ2v) is 10.5. The third-order valence-corrected chi connectivity index (χ3v) is 6.20. The van der Waals surface area contributed by atoms with Crippen molar-refractivity contribution in [3.63, 3.8) is 0 Å². The van der Waals surface area contributed by atoms with Gasteiger partial charge >= 0.3 is 22.4 Å². The minimum absolute atomic E-state index is 0.0756. The van der Waals surface area contributed by atoms with Gasteiger partial charge in [-0.3, -0.25) is 10.2 Å². The Kier molecular flexibility index (Phi) is 8.55. The van der Waals surface area contributed by atoms with Crippen LogP contribution in [0.5, 0.6) is 11.6 Å². The predicted molar refractivity (Wildman–Crippen MR) is 124 cm³/mol. The molecule has 19 heteroatoms. The number of alkyl halides is 3. The van der Waals surface area contributed by atoms with Gasteiger partial charge in [0.25, 0.3) is 0 Å². The minimum Gasteiger partial charge on any atom is -0.497 e. The van der Waals surface area contributed by atoms with E-state index in [0.717, 1.165) is 35.2 Å². The van der Waals surface area contributed by atoms with Crippen molar-refractivity contribution >= 4 is 27.6 Å². The molecule has 2 heterocycles. The van der Waals surface area contributed by atoms with E-state index in [2.05, 4.69) is 14.9 Å². The molecule has 0 aliphatic heterocycles. The number of Topliss-reactive ketones (excluding diaryl/α,β-unsaturated/α-hetero) is 1. The molecule has 0 aliphatic rings. The number of aromatic nitrogens is 4. The van der Waals surface area contributed by atoms with Gasteiger partial charge in [0, 0.05) is 17.7 Å². The topological polar surface area (TPSA) is 132 Å². The zero-order valence-corrected chi connectivity index (χ0v) is 21.7. The van der Waals surface area contributed by atoms with Gasteiger partial charge in [0.1, 0.15) is 17.2 Å². The molecule has 0 fully saturated rings. The number of carbonyl (C=O) groups excluding carboxylic acids is 1. The highest BCUT2D eigenvalue weighted by atomic mass is 32.5. The maximum atomic E-state index is 13.3. The first kappa shape index (κ1) is 32.3. The number of ether oxygens (including phenoxy) is 2. The first-order chi connectivity index (χ1) is 18.1. The van der Waals surface area contributed by atoms with Crippen molar-refractivity contribution in [1.82, 2.24) is 19.4 Å². The van der Waals surface area contributed by atoms with Gasteiger partial charge in [-0.05, 0) is 31.0 Å². The fourth-order valence-electron chi connectivity index (χ4n) is 3.01. The highest BCUT2D eigenvalue weighted by molar-refractivity contribution is 8.45. The number of methoxy groups -OCH3 is 1. The molecule has 0 saturated carbocycles. The van der Waals surface area contributed by atoms with Gasteiger partial charge in [0.15, 0.2) is 11.4 Å². The molecule has 0 saturated heterocycles. The molecule has 0 atom stereocenters. The quantitative estimate of drug-likeness (QED) is 0.233. The molecule has 40 heavy (non-hydrogen) atoms. The number of nitrogens with zero attached hydrogens (tertiary/aromatic N) is 4. The predicted octanol–water partition coefficient (Wildman–Crippen LogP) is 5.76. The molecule has 0 amide bonds. The fraction of sp³-hybridized carbons (Fsp3) is 0.381. The van der Waals surface area contributed by atoms with Crippen LogP contribution in [-0.2, 0) is 11.3 Å². The van der Waals surface area contributed by atoms with Crippen molar-refractivity contribution in [2.45, 2.75) is 50.4 Å². The van der Waals surface area contributed by atoms with E-state index in [9.17, 15) is 37.4 Å². The number of carboxylic acids is 1. The van der Waals surface area contributed by atoms with Gasteiger partial charge in [-0.1, -0.05) is 33.3 Å². The van der Waals surface area contributed by atoms with E-state index < -0.39 is 50.9 Å². The van der Waals surface area contributed by atoms with Crippen LogP contribution in [0.1, 0.15) is 37.0 Å². The summed E-state index contributed by atoms with van der Waals surface area (Å²) in [6.45, 7) is 3.21. The Hall–Kier alpha value is -3.90. The number of fused-ring (bicyclic) bond motifs is 1. The standard InChI is InChI=1S/C19H22F5N5O3S.C2HF3O2/c1-4-13(5-2)32-18-7-6-17-26-28(19(25)29(17)27-18)11-16(30)12-8-14(31-3)10-15(9-12)33(20,21,22,23)24;3-2(4,5)1(6)7/h6-10,13,25H,4-5,11H2,1-3H3;(H,6,7). The Balaban J connectivity index is 0.000000708. The summed E-state index contributed by atoms with van der Waals surface area (Å²) >= 11 is 0. The summed E-state index contributed by atoms with van der Waals surface area (Å²) in [5.74, 6) is -4.06. The first-order valence-electron chi connectivity index (χ1n) is 11.0. The molecule has 0 spiro atoms. The highest BCUT2D eigenvalue weighted by Crippen LogP contribution is 3.02. The van der Waals surface area contributed by atoms with Crippen molar-refractivity contribution in [3.8, 4) is 11.6 Å². The fourth-order valence-corrected chi connectivity index (χ4v) is 3.70. The van der Waals surface area contributed by atoms with Crippen LogP contribution in [0.15, 0.2) is 35.2 Å². The minimum atomic E-state index is -10.1. The summed E-state index contributed by atoms with van der Waals surface area (Å²) < 4.78 is 111. The lowest BCUT2D eigenvalue weighted by molar-refractivity contribution is -0.192. The normalized spacial score (nSPS) is 13.7. The second-order valence-electron chi connectivity index (χ2n) is 8.07. The summed E-state index contributed by atoms with van der Waals surface area (Å²) in [7, 11) is -9.06. The Morgan fingerprint density at radius 2 is 1.62 bits per heavy atom. The van der Waals surface area contributed by atoms with Crippen molar-refractivity contribution in [2.24, 2.45) is 0 Å². The molecule has 0 bridgehead atoms. The molecule has 2 N–H and O–H groups in total. The van der Waals surface area contributed by atoms with E-state index in [-0.39, 0.29) is 35.4 Å². The van der Waals surface area contributed by atoms with Crippen LogP contribution < -0.4 is 15.1 Å². The number of ketones is 1. The number of rotatable bonds is 9. The van der Waals surface area contributed by atoms with Crippen LogP contribution in [0.4, 0.5) is 32.6 Å². The van der Waals surface area contributed by atoms with Crippen molar-refractivity contribution in [1.29, 1.82) is 5.41 Å². The van der Waals surface area contributed by atoms with Gasteiger partial charge in [0.05, 0.1) is 13.2 Å². The van der Waals surface area contributed by atoms with Crippen LogP contribution in [-0.4, -0.2) is 55.6 Å². The van der Waals surface area contributed by atoms with Crippen molar-refractivity contribution in [2.75, 3.05) is 7.11 Å². The lowest BCUT2D eigenvalue weighted by atomic mass is 10.1. The van der Waals surface area contributed by atoms with Crippen LogP contribution >= 0.6 is 10.2 Å². The summed E-state index contributed by atoms with van der Waals surface area (Å²) in [5.41, 5.74) is -0.834. The molecule has 3 rings (SSSR count). The Morgan fingerprint density at radius 3 is 2.10 bits per heavy atom. The average molecular weight is 609 g/mol. The summed E-state index contributed by atoms with van der Waals surface area (Å²) in [4.78, 5) is 19.3. The molecular formula is C21H23F8N5O5S. The van der Waals surface area contributed by atoms with Gasteiger partial charge in [-0.15, -0.1) is 10.2 Å². The maximum Gasteiger partial charge on any atom is 0.490 e. The van der Waals surface area contributed by atoms with Gasteiger partial charge < -0.3 is 14.6 Å². The number of carboxylic acid groups (broad SMARTS) is 1. The Labute approximate surface area is 220 Å². The van der Waals surface area contributed by atoms with E-state index in [1.165, 1.54) is 12.1 Å². The third-order valence-electron chi connectivity index (χ3n) is 5.08. The van der Waals surface area contributed by atoms with E-state index in [0.29, 0.717) is 0 Å². The molecule has 0 unspecified atom stereocenters. The Morgan fingerprint density at radius 1 is 1.05 bits per heavy atom. The van der Waals surface area contributed by atoms with Crippen molar-refractivity contribution < 1.29 is 56.8 Å². The number of aliphatic carboxylic acids is 1. The van der Waals surface area contributed by atoms with E-state index in [4.69, 9.17) is 20.0 Å². The van der Waals surface area contributed by atoms with E-state index in [1.54, 1.807) is 0 Å². The number of nitrogens with one attached hydrogen (secondary N) is 1. The monoisotopic (exact) mass is 609 g/mol. The molecule has 224 valence electrons. The van der Waals surface area contributed by atoms with Gasteiger partial charge in [-0.25, -0.2) is 9.48 Å². The number of halogens is 8. The smallest absolute Gasteiger partial charge is 0.490 e. The SMILES string of the molecule is CCC(CC)Oc1ccc2nn(CC(=O)c3cc(OC)cc(S(F)(F)(F)(F)F)c3)c(=N)n2n1.O=C(O)C(F)(F)F. The Bertz CT molecular complexity index is 1470. The molecule has 1 aromatic carbocycles. The molecule has 0 aliphatic carbocycles. The lowest BCUT2D eigenvalue weighted by Crippen LogP contribution is -2.26. The average Bonchev–Trinajstić information content (AvgIpc) is 3.15. The van der Waals surface area contributed by atoms with Crippen LogP contribution in [0.2, 0.25) is 0 Å². The molecule has 10 nitrogen and oxygen atoms in total. The number of hydrogen-bond acceptors (Lipinski definition) is 7. The summed E-state index contributed by atoms with van der Waals surface area (Å²) in [6, 6.07) is 4.16. The molecule has 3 aromatic rings. The zero-order chi connectivity index (χ0) is 30.7. The third kappa shape index (κ3) is 8.30. The van der Waals surface area contributed by atoms with Gasteiger partial charge in [0.2, 0.25) is 11.5 Å². The number of hydrogen-bond donors (Lipinski definition) is 2. The number of carbonyl (C=O) groups is 2. The summed E-state index contributed by atoms with van der Waals surface area (Å²) in [5, 5.41) is 23.5. The largest absolute Gasteiger partial charge is 0.497 e. The highest BCUT2D eigenvalue weighted by Gasteiger charge is 2.65. The van der Waals surface area contributed by atoms with Gasteiger partial charge in [-0.2, -0.15) is 17.7 Å². The van der Waals surface area contributed by atoms with E-state index >= 15 is 0 Å². The molecule has 0 radical (unpaired) electrons. The first-order valence-corrected chi connectivity index (χ1v) is 13.0. The lowest BCUT2D eigenvalue weighted by Gasteiger charge is -2.40. The van der Waals surface area contributed by atoms with Crippen LogP contribution in [0.3, 0.4) is 0 Å². The number of benzene rings is 1. The molecular weight excluding hydrogens is 586 g/mol. The van der Waals surface area contributed by atoms with E-state index in [1.807, 2.05) is 13.8 Å². The maximum absolute atomic E-state index is 13.3. The van der Waals surface area contributed by atoms with Crippen LogP contribution in [0, 0.1) is 5.41 Å². The summed E-state index contributed by atoms with van der Waals surface area (Å²) in [6.07, 6.45) is -3.69. The molecule has 2 aromatic heterocycles. The second kappa shape index (κ2) is 10.6.